The summed E-state index contributed by atoms with van der Waals surface area (Å²) in [4.78, 5) is 32.0. The number of benzene rings is 1. The highest BCUT2D eigenvalue weighted by Crippen LogP contribution is 2.30. The first kappa shape index (κ1) is 22.8. The van der Waals surface area contributed by atoms with Gasteiger partial charge in [-0.3, -0.25) is 19.6 Å². The summed E-state index contributed by atoms with van der Waals surface area (Å²) in [5.41, 5.74) is 4.20. The van der Waals surface area contributed by atoms with Gasteiger partial charge in [-0.1, -0.05) is 6.07 Å². The van der Waals surface area contributed by atoms with Crippen molar-refractivity contribution >= 4 is 17.9 Å². The third-order valence-corrected chi connectivity index (χ3v) is 5.16. The number of aryl methyl sites for hydroxylation is 1. The van der Waals surface area contributed by atoms with Crippen LogP contribution in [0.4, 0.5) is 14.5 Å². The highest BCUT2D eigenvalue weighted by molar-refractivity contribution is 6.03. The van der Waals surface area contributed by atoms with Crippen molar-refractivity contribution in [3.63, 3.8) is 0 Å². The Morgan fingerprint density at radius 3 is 2.53 bits per heavy atom. The van der Waals surface area contributed by atoms with Crippen molar-refractivity contribution < 1.29 is 18.4 Å². The van der Waals surface area contributed by atoms with E-state index in [0.29, 0.717) is 23.4 Å². The summed E-state index contributed by atoms with van der Waals surface area (Å²) in [5, 5.41) is 9.88. The van der Waals surface area contributed by atoms with E-state index in [-0.39, 0.29) is 5.69 Å². The monoisotopic (exact) mass is 459 g/mol. The lowest BCUT2D eigenvalue weighted by Crippen LogP contribution is -2.17. The third kappa shape index (κ3) is 4.98. The van der Waals surface area contributed by atoms with Gasteiger partial charge in [-0.25, -0.2) is 8.78 Å². The first-order valence-electron chi connectivity index (χ1n) is 10.3. The SMILES string of the molecule is Cc1ccc(NC(=O)c2cc(C(C)(F)F)cnn2)cc1-c1ccnc(-c2ccnc(C=O)c2)c1. The lowest BCUT2D eigenvalue weighted by Gasteiger charge is -2.12. The Balaban J connectivity index is 1.63. The largest absolute Gasteiger partial charge is 0.321 e. The molecular formula is C25H19F2N5O2. The number of nitrogens with one attached hydrogen (secondary N) is 1. The van der Waals surface area contributed by atoms with E-state index in [0.717, 1.165) is 41.4 Å². The van der Waals surface area contributed by atoms with Crippen LogP contribution in [0.1, 0.15) is 39.0 Å². The smallest absolute Gasteiger partial charge is 0.276 e. The Labute approximate surface area is 193 Å². The Hall–Kier alpha value is -4.40. The van der Waals surface area contributed by atoms with Crippen molar-refractivity contribution in [1.82, 2.24) is 20.2 Å². The highest BCUT2D eigenvalue weighted by Gasteiger charge is 2.26. The number of aldehydes is 1. The molecule has 170 valence electrons. The maximum atomic E-state index is 13.6. The summed E-state index contributed by atoms with van der Waals surface area (Å²) < 4.78 is 27.2. The molecule has 1 aromatic carbocycles. The summed E-state index contributed by atoms with van der Waals surface area (Å²) in [6.45, 7) is 2.66. The van der Waals surface area contributed by atoms with Crippen molar-refractivity contribution in [1.29, 1.82) is 0 Å². The standard InChI is InChI=1S/C25H19F2N5O2/c1-15-3-4-19(31-24(34)23-11-18(13-30-32-23)25(2,26)27)12-21(15)16-5-8-29-22(10-16)17-6-7-28-20(9-17)14-33/h3-14H,1-2H3,(H,31,34). The number of carbonyl (C=O) groups is 2. The fourth-order valence-electron chi connectivity index (χ4n) is 3.35. The number of rotatable bonds is 6. The van der Waals surface area contributed by atoms with Crippen LogP contribution in [0.2, 0.25) is 0 Å². The average Bonchev–Trinajstić information content (AvgIpc) is 2.85. The van der Waals surface area contributed by atoms with Gasteiger partial charge in [0.15, 0.2) is 12.0 Å². The Bertz CT molecular complexity index is 1390. The molecule has 0 aliphatic rings. The molecule has 4 rings (SSSR count). The van der Waals surface area contributed by atoms with Gasteiger partial charge < -0.3 is 5.32 Å². The van der Waals surface area contributed by atoms with E-state index in [1.54, 1.807) is 36.7 Å². The van der Waals surface area contributed by atoms with E-state index in [1.165, 1.54) is 0 Å². The molecular weight excluding hydrogens is 440 g/mol. The van der Waals surface area contributed by atoms with E-state index in [4.69, 9.17) is 0 Å². The van der Waals surface area contributed by atoms with Crippen molar-refractivity contribution in [2.75, 3.05) is 5.32 Å². The van der Waals surface area contributed by atoms with Crippen LogP contribution in [0.25, 0.3) is 22.4 Å². The Kier molecular flexibility index (Phi) is 6.18. The number of halogens is 2. The van der Waals surface area contributed by atoms with Crippen LogP contribution < -0.4 is 5.32 Å². The van der Waals surface area contributed by atoms with E-state index in [2.05, 4.69) is 25.5 Å². The van der Waals surface area contributed by atoms with Crippen LogP contribution in [0, 0.1) is 6.92 Å². The molecule has 7 nitrogen and oxygen atoms in total. The molecule has 34 heavy (non-hydrogen) atoms. The third-order valence-electron chi connectivity index (χ3n) is 5.16. The van der Waals surface area contributed by atoms with E-state index >= 15 is 0 Å². The number of alkyl halides is 2. The summed E-state index contributed by atoms with van der Waals surface area (Å²) >= 11 is 0. The van der Waals surface area contributed by atoms with E-state index in [9.17, 15) is 18.4 Å². The zero-order valence-corrected chi connectivity index (χ0v) is 18.3. The summed E-state index contributed by atoms with van der Waals surface area (Å²) in [7, 11) is 0. The molecule has 0 saturated heterocycles. The zero-order chi connectivity index (χ0) is 24.3. The maximum Gasteiger partial charge on any atom is 0.276 e. The predicted octanol–water partition coefficient (Wildman–Crippen LogP) is 5.09. The van der Waals surface area contributed by atoms with Crippen LogP contribution in [0.5, 0.6) is 0 Å². The number of aromatic nitrogens is 4. The van der Waals surface area contributed by atoms with Gasteiger partial charge in [0.25, 0.3) is 11.8 Å². The number of hydrogen-bond acceptors (Lipinski definition) is 6. The van der Waals surface area contributed by atoms with Gasteiger partial charge in [-0.15, -0.1) is 5.10 Å². The number of nitrogens with zero attached hydrogens (tertiary/aromatic N) is 4. The topological polar surface area (TPSA) is 97.7 Å². The van der Waals surface area contributed by atoms with Crippen LogP contribution in [-0.2, 0) is 5.92 Å². The van der Waals surface area contributed by atoms with Gasteiger partial charge in [-0.05, 0) is 66.1 Å². The number of anilines is 1. The van der Waals surface area contributed by atoms with Crippen LogP contribution in [0.15, 0.2) is 67.1 Å². The molecule has 0 saturated carbocycles. The molecule has 0 fully saturated rings. The normalized spacial score (nSPS) is 11.2. The molecule has 0 radical (unpaired) electrons. The molecule has 4 aromatic rings. The minimum absolute atomic E-state index is 0.212. The van der Waals surface area contributed by atoms with Gasteiger partial charge >= 0.3 is 0 Å². The van der Waals surface area contributed by atoms with Gasteiger partial charge in [0.2, 0.25) is 0 Å². The summed E-state index contributed by atoms with van der Waals surface area (Å²) in [5.74, 6) is -3.79. The molecule has 1 N–H and O–H groups in total. The molecule has 0 bridgehead atoms. The van der Waals surface area contributed by atoms with Crippen molar-refractivity contribution in [3.8, 4) is 22.4 Å². The first-order valence-corrected chi connectivity index (χ1v) is 10.3. The second kappa shape index (κ2) is 9.22. The van der Waals surface area contributed by atoms with Crippen LogP contribution in [0.3, 0.4) is 0 Å². The fourth-order valence-corrected chi connectivity index (χ4v) is 3.35. The molecule has 0 spiro atoms. The summed E-state index contributed by atoms with van der Waals surface area (Å²) in [6.07, 6.45) is 4.80. The molecule has 3 aromatic heterocycles. The van der Waals surface area contributed by atoms with Crippen LogP contribution in [-0.4, -0.2) is 32.4 Å². The Morgan fingerprint density at radius 2 is 1.76 bits per heavy atom. The van der Waals surface area contributed by atoms with Crippen LogP contribution >= 0.6 is 0 Å². The molecule has 9 heteroatoms. The number of amides is 1. The number of pyridine rings is 2. The van der Waals surface area contributed by atoms with Gasteiger partial charge in [0.05, 0.1) is 11.9 Å². The lowest BCUT2D eigenvalue weighted by atomic mass is 9.99. The minimum Gasteiger partial charge on any atom is -0.321 e. The second-order valence-corrected chi connectivity index (χ2v) is 7.72. The van der Waals surface area contributed by atoms with Gasteiger partial charge in [0, 0.05) is 36.1 Å². The molecule has 0 aliphatic heterocycles. The zero-order valence-electron chi connectivity index (χ0n) is 18.3. The number of hydrogen-bond donors (Lipinski definition) is 1. The van der Waals surface area contributed by atoms with E-state index < -0.39 is 17.4 Å². The van der Waals surface area contributed by atoms with Crippen molar-refractivity contribution in [2.24, 2.45) is 0 Å². The summed E-state index contributed by atoms with van der Waals surface area (Å²) in [6, 6.07) is 13.5. The van der Waals surface area contributed by atoms with Crippen molar-refractivity contribution in [2.45, 2.75) is 19.8 Å². The van der Waals surface area contributed by atoms with E-state index in [1.807, 2.05) is 25.1 Å². The van der Waals surface area contributed by atoms with Crippen molar-refractivity contribution in [3.05, 3.63) is 89.6 Å². The van der Waals surface area contributed by atoms with Gasteiger partial charge in [-0.2, -0.15) is 5.10 Å². The average molecular weight is 459 g/mol. The molecule has 3 heterocycles. The molecule has 0 aliphatic carbocycles. The quantitative estimate of drug-likeness (QED) is 0.404. The molecule has 1 amide bonds. The van der Waals surface area contributed by atoms with Gasteiger partial charge in [0.1, 0.15) is 5.69 Å². The number of carbonyl (C=O) groups excluding carboxylic acids is 2. The minimum atomic E-state index is -3.14. The molecule has 0 unspecified atom stereocenters. The Morgan fingerprint density at radius 1 is 1.00 bits per heavy atom. The molecule has 0 atom stereocenters. The second-order valence-electron chi connectivity index (χ2n) is 7.72. The fraction of sp³-hybridized carbons (Fsp3) is 0.120. The predicted molar refractivity (Wildman–Crippen MR) is 123 cm³/mol. The highest BCUT2D eigenvalue weighted by atomic mass is 19.3. The lowest BCUT2D eigenvalue weighted by molar-refractivity contribution is 0.0169. The first-order chi connectivity index (χ1) is 16.2. The maximum absolute atomic E-state index is 13.6.